The van der Waals surface area contributed by atoms with Gasteiger partial charge in [-0.3, -0.25) is 0 Å². The molecule has 0 amide bonds. The summed E-state index contributed by atoms with van der Waals surface area (Å²) in [6.07, 6.45) is 8.10. The Morgan fingerprint density at radius 3 is 1.31 bits per heavy atom. The molecule has 0 spiro atoms. The van der Waals surface area contributed by atoms with Crippen LogP contribution in [0.1, 0.15) is 60.8 Å². The van der Waals surface area contributed by atoms with Crippen LogP contribution in [-0.4, -0.2) is 13.4 Å². The third kappa shape index (κ3) is 4.88. The van der Waals surface area contributed by atoms with Crippen molar-refractivity contribution < 1.29 is 0 Å². The second kappa shape index (κ2) is 8.31. The van der Waals surface area contributed by atoms with Crippen molar-refractivity contribution in [3.63, 3.8) is 0 Å². The Bertz CT molecular complexity index is 881. The molecule has 6 rings (SSSR count). The summed E-state index contributed by atoms with van der Waals surface area (Å²) in [4.78, 5) is 0. The monoisotopic (exact) mass is 540 g/mol. The first-order valence-corrected chi connectivity index (χ1v) is 21.3. The molecule has 32 heavy (non-hydrogen) atoms. The summed E-state index contributed by atoms with van der Waals surface area (Å²) in [5.74, 6) is 1.69. The first-order chi connectivity index (χ1) is 14.9. The molecule has 0 aromatic heterocycles. The Morgan fingerprint density at radius 2 is 1.00 bits per heavy atom. The third-order valence-electron chi connectivity index (χ3n) is 8.22. The van der Waals surface area contributed by atoms with Crippen LogP contribution in [0.2, 0.25) is 13.1 Å². The van der Waals surface area contributed by atoms with Crippen LogP contribution in [0.25, 0.3) is 0 Å². The summed E-state index contributed by atoms with van der Waals surface area (Å²) >= 11 is 25.6. The van der Waals surface area contributed by atoms with Crippen LogP contribution in [0.4, 0.5) is 0 Å². The maximum atomic E-state index is 6.39. The normalized spacial score (nSPS) is 31.8. The number of hydrogen-bond acceptors (Lipinski definition) is 0. The Balaban J connectivity index is 1.43. The van der Waals surface area contributed by atoms with E-state index in [2.05, 4.69) is 48.5 Å². The quantitative estimate of drug-likeness (QED) is 0.253. The van der Waals surface area contributed by atoms with Gasteiger partial charge in [-0.2, -0.15) is 0 Å². The van der Waals surface area contributed by atoms with E-state index in [1.165, 1.54) is 60.8 Å². The first-order valence-electron chi connectivity index (χ1n) is 11.9. The molecule has 0 radical (unpaired) electrons. The van der Waals surface area contributed by atoms with Crippen LogP contribution in [0.3, 0.4) is 0 Å². The molecule has 4 aliphatic carbocycles. The lowest BCUT2D eigenvalue weighted by atomic mass is 9.41. The molecule has 0 atom stereocenters. The minimum absolute atomic E-state index is 0.321. The molecule has 0 nitrogen and oxygen atoms in total. The van der Waals surface area contributed by atoms with Gasteiger partial charge in [0.15, 0.2) is 0 Å². The Hall–Kier alpha value is 0.0338. The Morgan fingerprint density at radius 1 is 0.656 bits per heavy atom. The Kier molecular flexibility index (Phi) is 6.17. The lowest BCUT2D eigenvalue weighted by Gasteiger charge is -2.63. The molecule has 0 heterocycles. The molecular formula is C26H32Cl4Si2. The highest BCUT2D eigenvalue weighted by Gasteiger charge is 2.58. The molecule has 0 N–H and O–H groups in total. The maximum Gasteiger partial charge on any atom is 0.252 e. The van der Waals surface area contributed by atoms with Crippen molar-refractivity contribution in [2.24, 2.45) is 11.8 Å². The predicted molar refractivity (Wildman–Crippen MR) is 145 cm³/mol. The molecule has 4 bridgehead atoms. The van der Waals surface area contributed by atoms with Gasteiger partial charge in [0.2, 0.25) is 0 Å². The fourth-order valence-electron chi connectivity index (χ4n) is 7.61. The van der Waals surface area contributed by atoms with E-state index in [9.17, 15) is 0 Å². The highest BCUT2D eigenvalue weighted by atomic mass is 35.7. The zero-order valence-corrected chi connectivity index (χ0v) is 24.0. The topological polar surface area (TPSA) is 0 Å². The minimum Gasteiger partial charge on any atom is -0.146 e. The summed E-state index contributed by atoms with van der Waals surface area (Å²) in [7, 11) is 0. The average molecular weight is 543 g/mol. The van der Waals surface area contributed by atoms with Gasteiger partial charge in [-0.05, 0) is 109 Å². The molecule has 4 fully saturated rings. The molecule has 2 aromatic rings. The van der Waals surface area contributed by atoms with E-state index >= 15 is 0 Å². The minimum atomic E-state index is -2.13. The van der Waals surface area contributed by atoms with Crippen molar-refractivity contribution in [3.05, 3.63) is 70.8 Å². The average Bonchev–Trinajstić information content (AvgIpc) is 2.65. The van der Waals surface area contributed by atoms with Crippen molar-refractivity contribution in [2.75, 3.05) is 0 Å². The summed E-state index contributed by atoms with van der Waals surface area (Å²) in [6, 6.07) is 20.3. The summed E-state index contributed by atoms with van der Waals surface area (Å²) in [5, 5.41) is 0. The van der Waals surface area contributed by atoms with Crippen LogP contribution in [0, 0.1) is 11.8 Å². The molecule has 172 valence electrons. The van der Waals surface area contributed by atoms with Gasteiger partial charge in [0.1, 0.15) is 0 Å². The largest absolute Gasteiger partial charge is 0.252 e. The lowest BCUT2D eigenvalue weighted by Crippen LogP contribution is -2.55. The van der Waals surface area contributed by atoms with Crippen molar-refractivity contribution in [1.82, 2.24) is 0 Å². The van der Waals surface area contributed by atoms with Gasteiger partial charge < -0.3 is 0 Å². The molecule has 4 aliphatic rings. The number of hydrogen-bond donors (Lipinski definition) is 0. The fraction of sp³-hybridized carbons (Fsp3) is 0.538. The number of halogens is 4. The van der Waals surface area contributed by atoms with E-state index in [0.29, 0.717) is 10.8 Å². The van der Waals surface area contributed by atoms with Gasteiger partial charge in [-0.1, -0.05) is 48.5 Å². The van der Waals surface area contributed by atoms with Crippen LogP contribution >= 0.6 is 44.3 Å². The summed E-state index contributed by atoms with van der Waals surface area (Å²) < 4.78 is 0. The van der Waals surface area contributed by atoms with E-state index in [1.54, 1.807) is 0 Å². The SMILES string of the molecule is C[Si](Cl)(Cl)Cc1ccc(C23CC4CC(C2)CC(c2ccc(C[Si](C)(Cl)Cl)cc2)(C4)C3)cc1. The van der Waals surface area contributed by atoms with Gasteiger partial charge in [0.25, 0.3) is 13.4 Å². The van der Waals surface area contributed by atoms with Gasteiger partial charge in [-0.25, -0.2) is 0 Å². The highest BCUT2D eigenvalue weighted by molar-refractivity contribution is 7.44. The molecule has 0 saturated heterocycles. The predicted octanol–water partition coefficient (Wildman–Crippen LogP) is 8.74. The summed E-state index contributed by atoms with van der Waals surface area (Å²) in [6.45, 7) is -0.260. The molecule has 0 unspecified atom stereocenters. The zero-order valence-electron chi connectivity index (χ0n) is 18.9. The van der Waals surface area contributed by atoms with Crippen LogP contribution in [-0.2, 0) is 22.9 Å². The van der Waals surface area contributed by atoms with Crippen molar-refractivity contribution in [1.29, 1.82) is 0 Å². The third-order valence-corrected chi connectivity index (χ3v) is 11.9. The highest BCUT2D eigenvalue weighted by Crippen LogP contribution is 2.66. The van der Waals surface area contributed by atoms with Crippen LogP contribution < -0.4 is 0 Å². The zero-order chi connectivity index (χ0) is 22.8. The van der Waals surface area contributed by atoms with E-state index in [0.717, 1.165) is 23.9 Å². The van der Waals surface area contributed by atoms with Crippen molar-refractivity contribution in [2.45, 2.75) is 74.5 Å². The van der Waals surface area contributed by atoms with E-state index in [-0.39, 0.29) is 0 Å². The van der Waals surface area contributed by atoms with Gasteiger partial charge in [0, 0.05) is 0 Å². The van der Waals surface area contributed by atoms with E-state index in [4.69, 9.17) is 44.3 Å². The Labute approximate surface area is 213 Å². The van der Waals surface area contributed by atoms with Crippen LogP contribution in [0.5, 0.6) is 0 Å². The number of benzene rings is 2. The molecule has 6 heteroatoms. The smallest absolute Gasteiger partial charge is 0.146 e. The van der Waals surface area contributed by atoms with E-state index in [1.807, 2.05) is 13.1 Å². The molecule has 2 aromatic carbocycles. The fourth-order valence-corrected chi connectivity index (χ4v) is 11.4. The first kappa shape index (κ1) is 23.8. The molecule has 0 aliphatic heterocycles. The van der Waals surface area contributed by atoms with Gasteiger partial charge in [0.05, 0.1) is 0 Å². The second-order valence-corrected chi connectivity index (χ2v) is 27.6. The van der Waals surface area contributed by atoms with Gasteiger partial charge in [-0.15, -0.1) is 44.3 Å². The maximum absolute atomic E-state index is 6.39. The molecular weight excluding hydrogens is 510 g/mol. The van der Waals surface area contributed by atoms with Crippen LogP contribution in [0.15, 0.2) is 48.5 Å². The standard InChI is InChI=1S/C26H32Cl4Si2/c1-31(27,28)16-19-3-7-23(8-4-19)25-12-21-11-22(13-25)15-26(14-21,18-25)24-9-5-20(6-10-24)17-32(2,29)30/h3-10,21-22H,11-18H2,1-2H3. The van der Waals surface area contributed by atoms with Crippen molar-refractivity contribution in [3.8, 4) is 0 Å². The number of rotatable bonds is 6. The molecule has 4 saturated carbocycles. The van der Waals surface area contributed by atoms with Crippen molar-refractivity contribution >= 4 is 57.7 Å². The second-order valence-electron chi connectivity index (χ2n) is 11.4. The summed E-state index contributed by atoms with van der Waals surface area (Å²) in [5.41, 5.74) is 6.27. The van der Waals surface area contributed by atoms with Gasteiger partial charge >= 0.3 is 0 Å². The van der Waals surface area contributed by atoms with E-state index < -0.39 is 13.4 Å². The lowest BCUT2D eigenvalue weighted by molar-refractivity contribution is -0.0281.